The second kappa shape index (κ2) is 4.28. The van der Waals surface area contributed by atoms with Crippen molar-refractivity contribution in [2.24, 2.45) is 7.05 Å². The van der Waals surface area contributed by atoms with Gasteiger partial charge in [-0.2, -0.15) is 5.10 Å². The van der Waals surface area contributed by atoms with Crippen LogP contribution in [0.2, 0.25) is 5.02 Å². The topological polar surface area (TPSA) is 29.9 Å². The van der Waals surface area contributed by atoms with E-state index in [1.165, 1.54) is 18.9 Å². The Hall–Kier alpha value is -1.55. The molecular weight excluding hydrogens is 253 g/mol. The van der Waals surface area contributed by atoms with Gasteiger partial charge in [-0.15, -0.1) is 0 Å². The second-order valence-electron chi connectivity index (χ2n) is 4.58. The summed E-state index contributed by atoms with van der Waals surface area (Å²) in [4.78, 5) is 0. The Morgan fingerprint density at radius 3 is 2.89 bits per heavy atom. The first kappa shape index (κ1) is 11.5. The van der Waals surface area contributed by atoms with Crippen LogP contribution in [0.5, 0.6) is 0 Å². The zero-order chi connectivity index (χ0) is 12.7. The number of benzene rings is 1. The van der Waals surface area contributed by atoms with Crippen LogP contribution in [0.15, 0.2) is 24.3 Å². The van der Waals surface area contributed by atoms with Gasteiger partial charge in [0, 0.05) is 29.7 Å². The van der Waals surface area contributed by atoms with Crippen LogP contribution in [0.4, 0.5) is 10.2 Å². The molecule has 18 heavy (non-hydrogen) atoms. The number of hydrogen-bond acceptors (Lipinski definition) is 2. The fourth-order valence-corrected chi connectivity index (χ4v) is 2.09. The maximum atomic E-state index is 13.8. The van der Waals surface area contributed by atoms with Crippen molar-refractivity contribution in [3.63, 3.8) is 0 Å². The van der Waals surface area contributed by atoms with Crippen LogP contribution < -0.4 is 5.32 Å². The van der Waals surface area contributed by atoms with E-state index in [9.17, 15) is 4.39 Å². The summed E-state index contributed by atoms with van der Waals surface area (Å²) in [6.07, 6.45) is 2.36. The van der Waals surface area contributed by atoms with Gasteiger partial charge < -0.3 is 5.32 Å². The van der Waals surface area contributed by atoms with E-state index in [1.807, 2.05) is 6.07 Å². The van der Waals surface area contributed by atoms with Crippen LogP contribution in [0.3, 0.4) is 0 Å². The SMILES string of the molecule is Cn1nc(NC2CC2)cc1-c1cc(Cl)ccc1F. The first-order valence-electron chi connectivity index (χ1n) is 5.89. The third kappa shape index (κ3) is 2.20. The third-order valence-corrected chi connectivity index (χ3v) is 3.25. The first-order chi connectivity index (χ1) is 8.63. The maximum Gasteiger partial charge on any atom is 0.148 e. The summed E-state index contributed by atoms with van der Waals surface area (Å²) in [6.45, 7) is 0. The normalized spacial score (nSPS) is 14.8. The van der Waals surface area contributed by atoms with E-state index in [-0.39, 0.29) is 5.82 Å². The van der Waals surface area contributed by atoms with Gasteiger partial charge in [0.15, 0.2) is 0 Å². The molecule has 0 radical (unpaired) electrons. The zero-order valence-corrected chi connectivity index (χ0v) is 10.7. The largest absolute Gasteiger partial charge is 0.366 e. The van der Waals surface area contributed by atoms with Crippen molar-refractivity contribution in [2.45, 2.75) is 18.9 Å². The van der Waals surface area contributed by atoms with Crippen LogP contribution in [0.1, 0.15) is 12.8 Å². The molecule has 1 heterocycles. The van der Waals surface area contributed by atoms with E-state index < -0.39 is 0 Å². The van der Waals surface area contributed by atoms with Crippen LogP contribution in [-0.4, -0.2) is 15.8 Å². The van der Waals surface area contributed by atoms with Gasteiger partial charge in [0.05, 0.1) is 5.69 Å². The number of nitrogens with zero attached hydrogens (tertiary/aromatic N) is 2. The predicted molar refractivity (Wildman–Crippen MR) is 70.3 cm³/mol. The molecule has 0 atom stereocenters. The van der Waals surface area contributed by atoms with Crippen molar-refractivity contribution in [1.29, 1.82) is 0 Å². The second-order valence-corrected chi connectivity index (χ2v) is 5.02. The van der Waals surface area contributed by atoms with Crippen molar-refractivity contribution >= 4 is 17.4 Å². The standard InChI is InChI=1S/C13H13ClFN3/c1-18-12(7-13(17-18)16-9-3-4-9)10-6-8(14)2-5-11(10)15/h2,5-7,9H,3-4H2,1H3,(H,16,17). The highest BCUT2D eigenvalue weighted by Crippen LogP contribution is 2.29. The molecule has 1 aromatic heterocycles. The summed E-state index contributed by atoms with van der Waals surface area (Å²) in [5.41, 5.74) is 1.19. The lowest BCUT2D eigenvalue weighted by Crippen LogP contribution is -2.02. The van der Waals surface area contributed by atoms with E-state index in [0.29, 0.717) is 16.6 Å². The summed E-state index contributed by atoms with van der Waals surface area (Å²) in [7, 11) is 1.80. The van der Waals surface area contributed by atoms with Crippen LogP contribution in [-0.2, 0) is 7.05 Å². The van der Waals surface area contributed by atoms with Gasteiger partial charge in [-0.3, -0.25) is 4.68 Å². The van der Waals surface area contributed by atoms with Crippen LogP contribution in [0.25, 0.3) is 11.3 Å². The molecule has 3 rings (SSSR count). The van der Waals surface area contributed by atoms with E-state index in [1.54, 1.807) is 23.9 Å². The lowest BCUT2D eigenvalue weighted by molar-refractivity contribution is 0.628. The lowest BCUT2D eigenvalue weighted by atomic mass is 10.1. The number of nitrogens with one attached hydrogen (secondary N) is 1. The minimum Gasteiger partial charge on any atom is -0.366 e. The number of halogens is 2. The van der Waals surface area contributed by atoms with Gasteiger partial charge in [0.25, 0.3) is 0 Å². The highest BCUT2D eigenvalue weighted by atomic mass is 35.5. The Labute approximate surface area is 110 Å². The van der Waals surface area contributed by atoms with Crippen molar-refractivity contribution in [2.75, 3.05) is 5.32 Å². The Kier molecular flexibility index (Phi) is 2.74. The van der Waals surface area contributed by atoms with Gasteiger partial charge in [-0.25, -0.2) is 4.39 Å². The summed E-state index contributed by atoms with van der Waals surface area (Å²) < 4.78 is 15.5. The number of anilines is 1. The van der Waals surface area contributed by atoms with E-state index in [0.717, 1.165) is 11.5 Å². The Morgan fingerprint density at radius 1 is 1.39 bits per heavy atom. The average Bonchev–Trinajstić information content (AvgIpc) is 3.06. The van der Waals surface area contributed by atoms with Gasteiger partial charge in [-0.1, -0.05) is 11.6 Å². The highest BCUT2D eigenvalue weighted by molar-refractivity contribution is 6.30. The molecule has 5 heteroatoms. The van der Waals surface area contributed by atoms with E-state index in [2.05, 4.69) is 10.4 Å². The van der Waals surface area contributed by atoms with Crippen molar-refractivity contribution < 1.29 is 4.39 Å². The zero-order valence-electron chi connectivity index (χ0n) is 9.95. The van der Waals surface area contributed by atoms with Crippen molar-refractivity contribution in [1.82, 2.24) is 9.78 Å². The quantitative estimate of drug-likeness (QED) is 0.921. The molecule has 1 fully saturated rings. The molecule has 2 aromatic rings. The minimum atomic E-state index is -0.291. The average molecular weight is 266 g/mol. The maximum absolute atomic E-state index is 13.8. The molecule has 0 aliphatic heterocycles. The van der Waals surface area contributed by atoms with Crippen LogP contribution >= 0.6 is 11.6 Å². The van der Waals surface area contributed by atoms with Gasteiger partial charge in [0.2, 0.25) is 0 Å². The number of aromatic nitrogens is 2. The lowest BCUT2D eigenvalue weighted by Gasteiger charge is -2.03. The summed E-state index contributed by atoms with van der Waals surface area (Å²) in [6, 6.07) is 6.91. The minimum absolute atomic E-state index is 0.291. The summed E-state index contributed by atoms with van der Waals surface area (Å²) >= 11 is 5.91. The number of hydrogen-bond donors (Lipinski definition) is 1. The van der Waals surface area contributed by atoms with E-state index in [4.69, 9.17) is 11.6 Å². The summed E-state index contributed by atoms with van der Waals surface area (Å²) in [5, 5.41) is 8.15. The molecule has 1 saturated carbocycles. The van der Waals surface area contributed by atoms with Crippen LogP contribution in [0, 0.1) is 5.82 Å². The number of aryl methyl sites for hydroxylation is 1. The Balaban J connectivity index is 1.99. The number of rotatable bonds is 3. The molecule has 1 aromatic carbocycles. The first-order valence-corrected chi connectivity index (χ1v) is 6.27. The van der Waals surface area contributed by atoms with Gasteiger partial charge >= 0.3 is 0 Å². The van der Waals surface area contributed by atoms with Crippen molar-refractivity contribution in [3.05, 3.63) is 35.1 Å². The molecule has 0 unspecified atom stereocenters. The fraction of sp³-hybridized carbons (Fsp3) is 0.308. The molecule has 0 bridgehead atoms. The Bertz CT molecular complexity index is 590. The van der Waals surface area contributed by atoms with Gasteiger partial charge in [0.1, 0.15) is 11.6 Å². The summed E-state index contributed by atoms with van der Waals surface area (Å²) in [5.74, 6) is 0.495. The molecule has 1 aliphatic rings. The van der Waals surface area contributed by atoms with E-state index >= 15 is 0 Å². The highest BCUT2D eigenvalue weighted by Gasteiger charge is 2.22. The monoisotopic (exact) mass is 265 g/mol. The Morgan fingerprint density at radius 2 is 2.17 bits per heavy atom. The molecule has 94 valence electrons. The molecule has 1 aliphatic carbocycles. The van der Waals surface area contributed by atoms with Gasteiger partial charge in [-0.05, 0) is 31.0 Å². The smallest absolute Gasteiger partial charge is 0.148 e. The fourth-order valence-electron chi connectivity index (χ4n) is 1.92. The molecule has 0 amide bonds. The third-order valence-electron chi connectivity index (χ3n) is 3.01. The van der Waals surface area contributed by atoms with Crippen molar-refractivity contribution in [3.8, 4) is 11.3 Å². The molecule has 3 nitrogen and oxygen atoms in total. The molecule has 0 spiro atoms. The predicted octanol–water partition coefficient (Wildman–Crippen LogP) is 3.45. The molecule has 0 saturated heterocycles. The molecular formula is C13H13ClFN3. The molecule has 1 N–H and O–H groups in total.